The number of rotatable bonds is 10. The third kappa shape index (κ3) is 7.65. The first-order valence-electron chi connectivity index (χ1n) is 8.92. The van der Waals surface area contributed by atoms with Gasteiger partial charge in [-0.15, -0.1) is 13.2 Å². The number of nitrogens with two attached hydrogens (primary N) is 1. The molecule has 2 N–H and O–H groups in total. The van der Waals surface area contributed by atoms with Crippen molar-refractivity contribution in [2.24, 2.45) is 5.73 Å². The third-order valence-corrected chi connectivity index (χ3v) is 4.11. The van der Waals surface area contributed by atoms with Gasteiger partial charge in [0.05, 0.1) is 0 Å². The van der Waals surface area contributed by atoms with Crippen LogP contribution in [0.2, 0.25) is 0 Å². The molecule has 0 heterocycles. The summed E-state index contributed by atoms with van der Waals surface area (Å²) in [6.07, 6.45) is 6.80. The lowest BCUT2D eigenvalue weighted by Crippen LogP contribution is -2.38. The Morgan fingerprint density at radius 2 is 1.75 bits per heavy atom. The normalized spacial score (nSPS) is 12.7. The molecule has 2 unspecified atom stereocenters. The van der Waals surface area contributed by atoms with E-state index in [9.17, 15) is 0 Å². The molecule has 24 heavy (non-hydrogen) atoms. The van der Waals surface area contributed by atoms with E-state index in [4.69, 9.17) is 5.73 Å². The van der Waals surface area contributed by atoms with E-state index in [-0.39, 0.29) is 6.04 Å². The van der Waals surface area contributed by atoms with Crippen molar-refractivity contribution >= 4 is 0 Å². The fraction of sp³-hybridized carbons (Fsp3) is 0.455. The quantitative estimate of drug-likeness (QED) is 0.581. The van der Waals surface area contributed by atoms with E-state index in [2.05, 4.69) is 62.9 Å². The Labute approximate surface area is 149 Å². The fourth-order valence-electron chi connectivity index (χ4n) is 2.80. The van der Waals surface area contributed by atoms with E-state index >= 15 is 0 Å². The molecule has 1 aromatic carbocycles. The number of hydrogen-bond acceptors (Lipinski definition) is 2. The van der Waals surface area contributed by atoms with E-state index in [0.717, 1.165) is 31.5 Å². The lowest BCUT2D eigenvalue weighted by atomic mass is 9.93. The molecule has 0 saturated carbocycles. The van der Waals surface area contributed by atoms with Crippen molar-refractivity contribution < 1.29 is 0 Å². The Kier molecular flexibility index (Phi) is 11.7. The first kappa shape index (κ1) is 22.2. The minimum Gasteiger partial charge on any atom is -0.401 e. The first-order valence-corrected chi connectivity index (χ1v) is 8.92. The second-order valence-electron chi connectivity index (χ2n) is 6.03. The van der Waals surface area contributed by atoms with E-state index < -0.39 is 0 Å². The highest BCUT2D eigenvalue weighted by Gasteiger charge is 2.20. The predicted molar refractivity (Wildman–Crippen MR) is 109 cm³/mol. The van der Waals surface area contributed by atoms with Gasteiger partial charge in [0.15, 0.2) is 0 Å². The van der Waals surface area contributed by atoms with Crippen LogP contribution in [0.1, 0.15) is 50.2 Å². The lowest BCUT2D eigenvalue weighted by Gasteiger charge is -2.31. The smallest absolute Gasteiger partial charge is 0.0487 e. The number of allylic oxidation sites excluding steroid dienone is 2. The zero-order valence-electron chi connectivity index (χ0n) is 16.1. The predicted octanol–water partition coefficient (Wildman–Crippen LogP) is 5.42. The summed E-state index contributed by atoms with van der Waals surface area (Å²) in [5.41, 5.74) is 9.36. The van der Waals surface area contributed by atoms with Gasteiger partial charge < -0.3 is 5.73 Å². The molecule has 0 fully saturated rings. The van der Waals surface area contributed by atoms with Crippen LogP contribution in [0.5, 0.6) is 0 Å². The fourth-order valence-corrected chi connectivity index (χ4v) is 2.80. The standard InChI is InChI=1S/C20H30N2.C2H6/c1-6-8-10-20(17(4)21)22(5)15-19(9-7-2)18-13-11-16(3)12-14-18;1-2/h6-7,11-14,19-20H,1-2,4,8-10,15,21H2,3,5H3;1-2H3. The minimum atomic E-state index is 0.191. The van der Waals surface area contributed by atoms with Gasteiger partial charge in [-0.25, -0.2) is 0 Å². The molecule has 0 bridgehead atoms. The second kappa shape index (κ2) is 12.6. The molecule has 0 aliphatic carbocycles. The van der Waals surface area contributed by atoms with Crippen molar-refractivity contribution in [3.63, 3.8) is 0 Å². The van der Waals surface area contributed by atoms with Gasteiger partial charge >= 0.3 is 0 Å². The number of aryl methyl sites for hydroxylation is 1. The summed E-state index contributed by atoms with van der Waals surface area (Å²) in [6.45, 7) is 18.7. The number of benzene rings is 1. The van der Waals surface area contributed by atoms with Crippen LogP contribution in [-0.4, -0.2) is 24.5 Å². The molecule has 0 saturated heterocycles. The largest absolute Gasteiger partial charge is 0.401 e. The summed E-state index contributed by atoms with van der Waals surface area (Å²) in [4.78, 5) is 2.31. The number of likely N-dealkylation sites (N-methyl/N-ethyl adjacent to an activating group) is 1. The first-order chi connectivity index (χ1) is 11.5. The molecule has 2 atom stereocenters. The van der Waals surface area contributed by atoms with E-state index in [1.165, 1.54) is 11.1 Å². The van der Waals surface area contributed by atoms with Gasteiger partial charge in [-0.05, 0) is 38.8 Å². The Morgan fingerprint density at radius 3 is 2.21 bits per heavy atom. The van der Waals surface area contributed by atoms with Crippen molar-refractivity contribution in [2.45, 2.75) is 52.0 Å². The summed E-state index contributed by atoms with van der Waals surface area (Å²) in [7, 11) is 2.12. The van der Waals surface area contributed by atoms with Gasteiger partial charge in [-0.3, -0.25) is 4.90 Å². The Balaban J connectivity index is 0.00000254. The number of nitrogens with zero attached hydrogens (tertiary/aromatic N) is 1. The van der Waals surface area contributed by atoms with Gasteiger partial charge in [0.25, 0.3) is 0 Å². The van der Waals surface area contributed by atoms with Crippen LogP contribution >= 0.6 is 0 Å². The minimum absolute atomic E-state index is 0.191. The maximum Gasteiger partial charge on any atom is 0.0487 e. The highest BCUT2D eigenvalue weighted by Crippen LogP contribution is 2.24. The Bertz CT molecular complexity index is 487. The van der Waals surface area contributed by atoms with E-state index in [0.29, 0.717) is 5.92 Å². The van der Waals surface area contributed by atoms with Crippen molar-refractivity contribution in [3.05, 3.63) is 73.0 Å². The summed E-state index contributed by atoms with van der Waals surface area (Å²) < 4.78 is 0. The van der Waals surface area contributed by atoms with Crippen LogP contribution in [0.25, 0.3) is 0 Å². The molecule has 0 aromatic heterocycles. The van der Waals surface area contributed by atoms with Crippen molar-refractivity contribution in [1.82, 2.24) is 4.90 Å². The van der Waals surface area contributed by atoms with Gasteiger partial charge in [-0.2, -0.15) is 0 Å². The molecule has 2 nitrogen and oxygen atoms in total. The Hall–Kier alpha value is -1.80. The maximum absolute atomic E-state index is 6.00. The average molecular weight is 329 g/mol. The molecule has 0 radical (unpaired) electrons. The Morgan fingerprint density at radius 1 is 1.17 bits per heavy atom. The molecule has 0 amide bonds. The number of hydrogen-bond donors (Lipinski definition) is 1. The van der Waals surface area contributed by atoms with Crippen molar-refractivity contribution in [2.75, 3.05) is 13.6 Å². The molecule has 2 heteroatoms. The molecule has 134 valence electrons. The van der Waals surface area contributed by atoms with Crippen molar-refractivity contribution in [3.8, 4) is 0 Å². The molecular formula is C22H36N2. The highest BCUT2D eigenvalue weighted by atomic mass is 15.1. The molecule has 0 spiro atoms. The average Bonchev–Trinajstić information content (AvgIpc) is 2.57. The van der Waals surface area contributed by atoms with E-state index in [1.807, 2.05) is 26.0 Å². The molecule has 1 rings (SSSR count). The van der Waals surface area contributed by atoms with Gasteiger partial charge in [0.1, 0.15) is 0 Å². The molecule has 1 aromatic rings. The van der Waals surface area contributed by atoms with Crippen molar-refractivity contribution in [1.29, 1.82) is 0 Å². The zero-order chi connectivity index (χ0) is 18.5. The molecule has 0 aliphatic heterocycles. The van der Waals surface area contributed by atoms with Crippen LogP contribution in [0.3, 0.4) is 0 Å². The van der Waals surface area contributed by atoms with Crippen LogP contribution in [-0.2, 0) is 0 Å². The second-order valence-corrected chi connectivity index (χ2v) is 6.03. The topological polar surface area (TPSA) is 29.3 Å². The van der Waals surface area contributed by atoms with Gasteiger partial charge in [0.2, 0.25) is 0 Å². The molecular weight excluding hydrogens is 292 g/mol. The molecule has 0 aliphatic rings. The summed E-state index contributed by atoms with van der Waals surface area (Å²) >= 11 is 0. The summed E-state index contributed by atoms with van der Waals surface area (Å²) in [6, 6.07) is 8.96. The maximum atomic E-state index is 6.00. The summed E-state index contributed by atoms with van der Waals surface area (Å²) in [5, 5.41) is 0. The van der Waals surface area contributed by atoms with Gasteiger partial charge in [0, 0.05) is 24.2 Å². The van der Waals surface area contributed by atoms with Crippen LogP contribution in [0.4, 0.5) is 0 Å². The lowest BCUT2D eigenvalue weighted by molar-refractivity contribution is 0.243. The highest BCUT2D eigenvalue weighted by molar-refractivity contribution is 5.25. The monoisotopic (exact) mass is 328 g/mol. The van der Waals surface area contributed by atoms with E-state index in [1.54, 1.807) is 0 Å². The zero-order valence-corrected chi connectivity index (χ0v) is 16.1. The van der Waals surface area contributed by atoms with Crippen LogP contribution in [0.15, 0.2) is 61.9 Å². The third-order valence-electron chi connectivity index (χ3n) is 4.11. The van der Waals surface area contributed by atoms with Crippen LogP contribution in [0, 0.1) is 6.92 Å². The SMILES string of the molecule is C=CCCC(C(=C)N)N(C)CC(CC=C)c1ccc(C)cc1.CC. The van der Waals surface area contributed by atoms with Gasteiger partial charge in [-0.1, -0.05) is 62.4 Å². The summed E-state index contributed by atoms with van der Waals surface area (Å²) in [5.74, 6) is 0.425. The van der Waals surface area contributed by atoms with Crippen LogP contribution < -0.4 is 5.73 Å².